The quantitative estimate of drug-likeness (QED) is 0.311. The Morgan fingerprint density at radius 3 is 2.63 bits per heavy atom. The van der Waals surface area contributed by atoms with Crippen LogP contribution >= 0.6 is 12.2 Å². The maximum Gasteiger partial charge on any atom is 0.305 e. The van der Waals surface area contributed by atoms with Crippen LogP contribution in [0.2, 0.25) is 0 Å². The highest BCUT2D eigenvalue weighted by atomic mass is 32.1. The molecule has 0 aliphatic rings. The van der Waals surface area contributed by atoms with Crippen LogP contribution < -0.4 is 11.1 Å². The number of rotatable bonds is 11. The minimum Gasteiger partial charge on any atom is -0.466 e. The molecule has 146 valence electrons. The lowest BCUT2D eigenvalue weighted by Gasteiger charge is -2.04. The van der Waals surface area contributed by atoms with Gasteiger partial charge in [0.2, 0.25) is 0 Å². The minimum absolute atomic E-state index is 0.120. The second-order valence-electron chi connectivity index (χ2n) is 6.43. The summed E-state index contributed by atoms with van der Waals surface area (Å²) in [5, 5.41) is 3.84. The van der Waals surface area contributed by atoms with E-state index in [4.69, 9.17) is 22.7 Å². The van der Waals surface area contributed by atoms with Crippen LogP contribution in [0.5, 0.6) is 0 Å². The molecule has 4 N–H and O–H groups in total. The molecular formula is C20H27N3O3S. The predicted molar refractivity (Wildman–Crippen MR) is 111 cm³/mol. The number of nitrogens with one attached hydrogen (secondary N) is 2. The van der Waals surface area contributed by atoms with E-state index < -0.39 is 0 Å². The molecule has 2 rings (SSSR count). The van der Waals surface area contributed by atoms with Crippen LogP contribution in [0.1, 0.15) is 61.5 Å². The van der Waals surface area contributed by atoms with Crippen LogP contribution in [0.15, 0.2) is 24.3 Å². The molecule has 2 aromatic rings. The molecule has 7 heteroatoms. The average Bonchev–Trinajstić information content (AvgIpc) is 3.07. The number of aromatic amines is 1. The Hall–Kier alpha value is -2.41. The van der Waals surface area contributed by atoms with Crippen molar-refractivity contribution in [2.75, 3.05) is 13.2 Å². The number of aromatic nitrogens is 1. The van der Waals surface area contributed by atoms with Crippen LogP contribution in [-0.2, 0) is 9.53 Å². The highest BCUT2D eigenvalue weighted by molar-refractivity contribution is 7.80. The first-order valence-corrected chi connectivity index (χ1v) is 9.78. The number of thiocarbonyl (C=S) groups is 1. The number of esters is 1. The Labute approximate surface area is 164 Å². The van der Waals surface area contributed by atoms with Crippen molar-refractivity contribution in [2.24, 2.45) is 5.73 Å². The summed E-state index contributed by atoms with van der Waals surface area (Å²) in [4.78, 5) is 26.9. The summed E-state index contributed by atoms with van der Waals surface area (Å²) >= 11 is 4.98. The third-order valence-corrected chi connectivity index (χ3v) is 4.53. The molecule has 0 saturated heterocycles. The van der Waals surface area contributed by atoms with Gasteiger partial charge in [0.25, 0.3) is 5.91 Å². The van der Waals surface area contributed by atoms with Gasteiger partial charge in [-0.05, 0) is 44.0 Å². The van der Waals surface area contributed by atoms with Crippen molar-refractivity contribution in [3.63, 3.8) is 0 Å². The van der Waals surface area contributed by atoms with E-state index in [1.807, 2.05) is 31.2 Å². The molecule has 0 fully saturated rings. The SMILES string of the molecule is CCOC(=O)CCCCCCCNC(=O)c1cc2cc(C(N)=S)ccc2[nH]1. The lowest BCUT2D eigenvalue weighted by Crippen LogP contribution is -2.24. The van der Waals surface area contributed by atoms with Gasteiger partial charge in [0.15, 0.2) is 0 Å². The number of carbonyl (C=O) groups excluding carboxylic acids is 2. The third kappa shape index (κ3) is 6.67. The first-order valence-electron chi connectivity index (χ1n) is 9.37. The molecule has 0 saturated carbocycles. The number of H-pyrrole nitrogens is 1. The average molecular weight is 390 g/mol. The fraction of sp³-hybridized carbons (Fsp3) is 0.450. The molecule has 1 aromatic heterocycles. The molecule has 27 heavy (non-hydrogen) atoms. The van der Waals surface area contributed by atoms with Gasteiger partial charge in [-0.2, -0.15) is 0 Å². The Kier molecular flexibility index (Phi) is 8.26. The molecule has 0 spiro atoms. The molecule has 0 radical (unpaired) electrons. The van der Waals surface area contributed by atoms with Crippen molar-refractivity contribution in [1.82, 2.24) is 10.3 Å². The van der Waals surface area contributed by atoms with Gasteiger partial charge >= 0.3 is 5.97 Å². The zero-order chi connectivity index (χ0) is 19.6. The van der Waals surface area contributed by atoms with Crippen molar-refractivity contribution in [1.29, 1.82) is 0 Å². The highest BCUT2D eigenvalue weighted by Crippen LogP contribution is 2.17. The normalized spacial score (nSPS) is 10.7. The lowest BCUT2D eigenvalue weighted by molar-refractivity contribution is -0.143. The van der Waals surface area contributed by atoms with E-state index in [0.29, 0.717) is 30.3 Å². The van der Waals surface area contributed by atoms with Crippen molar-refractivity contribution in [3.05, 3.63) is 35.5 Å². The molecule has 0 aliphatic carbocycles. The third-order valence-electron chi connectivity index (χ3n) is 4.30. The number of nitrogens with two attached hydrogens (primary N) is 1. The number of hydrogen-bond acceptors (Lipinski definition) is 4. The van der Waals surface area contributed by atoms with Gasteiger partial charge < -0.3 is 20.8 Å². The summed E-state index contributed by atoms with van der Waals surface area (Å²) in [6.45, 7) is 2.88. The van der Waals surface area contributed by atoms with Crippen LogP contribution in [0.25, 0.3) is 10.9 Å². The van der Waals surface area contributed by atoms with Crippen molar-refractivity contribution >= 4 is 40.0 Å². The summed E-state index contributed by atoms with van der Waals surface area (Å²) < 4.78 is 4.89. The number of fused-ring (bicyclic) bond motifs is 1. The standard InChI is InChI=1S/C20H27N3O3S/c1-2-26-18(24)8-6-4-3-5-7-11-22-20(25)17-13-15-12-14(19(21)27)9-10-16(15)23-17/h9-10,12-13,23H,2-8,11H2,1H3,(H2,21,27)(H,22,25). The summed E-state index contributed by atoms with van der Waals surface area (Å²) in [6.07, 6.45) is 5.32. The summed E-state index contributed by atoms with van der Waals surface area (Å²) in [5.74, 6) is -0.242. The first kappa shape index (κ1) is 20.9. The van der Waals surface area contributed by atoms with E-state index in [1.54, 1.807) is 0 Å². The van der Waals surface area contributed by atoms with Crippen LogP contribution in [0.4, 0.5) is 0 Å². The Bertz CT molecular complexity index is 801. The Morgan fingerprint density at radius 1 is 1.15 bits per heavy atom. The molecule has 0 atom stereocenters. The maximum absolute atomic E-state index is 12.3. The second-order valence-corrected chi connectivity index (χ2v) is 6.87. The van der Waals surface area contributed by atoms with E-state index in [9.17, 15) is 9.59 Å². The van der Waals surface area contributed by atoms with E-state index in [1.165, 1.54) is 0 Å². The second kappa shape index (κ2) is 10.7. The summed E-state index contributed by atoms with van der Waals surface area (Å²) in [6, 6.07) is 7.39. The summed E-state index contributed by atoms with van der Waals surface area (Å²) in [5.41, 5.74) is 7.83. The maximum atomic E-state index is 12.3. The van der Waals surface area contributed by atoms with Crippen LogP contribution in [0, 0.1) is 0 Å². The first-order chi connectivity index (χ1) is 13.0. The number of amides is 1. The van der Waals surface area contributed by atoms with Gasteiger partial charge in [0.1, 0.15) is 10.7 Å². The smallest absolute Gasteiger partial charge is 0.305 e. The topological polar surface area (TPSA) is 97.2 Å². The van der Waals surface area contributed by atoms with Gasteiger partial charge in [-0.15, -0.1) is 0 Å². The molecule has 0 unspecified atom stereocenters. The number of benzene rings is 1. The van der Waals surface area contributed by atoms with Gasteiger partial charge in [-0.1, -0.05) is 31.5 Å². The zero-order valence-corrected chi connectivity index (χ0v) is 16.5. The predicted octanol–water partition coefficient (Wildman–Crippen LogP) is 3.44. The minimum atomic E-state index is -0.122. The molecule has 6 nitrogen and oxygen atoms in total. The lowest BCUT2D eigenvalue weighted by atomic mass is 10.1. The van der Waals surface area contributed by atoms with Crippen molar-refractivity contribution in [2.45, 2.75) is 45.4 Å². The van der Waals surface area contributed by atoms with E-state index >= 15 is 0 Å². The van der Waals surface area contributed by atoms with Crippen LogP contribution in [-0.4, -0.2) is 35.0 Å². The number of carbonyl (C=O) groups is 2. The van der Waals surface area contributed by atoms with Gasteiger partial charge in [-0.3, -0.25) is 9.59 Å². The number of ether oxygens (including phenoxy) is 1. The molecule has 0 bridgehead atoms. The molecule has 1 amide bonds. The highest BCUT2D eigenvalue weighted by Gasteiger charge is 2.10. The van der Waals surface area contributed by atoms with E-state index in [0.717, 1.165) is 48.6 Å². The van der Waals surface area contributed by atoms with Gasteiger partial charge in [-0.25, -0.2) is 0 Å². The number of hydrogen-bond donors (Lipinski definition) is 3. The Morgan fingerprint density at radius 2 is 1.89 bits per heavy atom. The molecule has 0 aliphatic heterocycles. The van der Waals surface area contributed by atoms with Gasteiger partial charge in [0, 0.05) is 29.4 Å². The fourth-order valence-corrected chi connectivity index (χ4v) is 2.99. The Balaban J connectivity index is 1.66. The molecular weight excluding hydrogens is 362 g/mol. The molecule has 1 heterocycles. The summed E-state index contributed by atoms with van der Waals surface area (Å²) in [7, 11) is 0. The monoisotopic (exact) mass is 389 g/mol. The van der Waals surface area contributed by atoms with Crippen molar-refractivity contribution < 1.29 is 14.3 Å². The van der Waals surface area contributed by atoms with E-state index in [2.05, 4.69) is 10.3 Å². The fourth-order valence-electron chi connectivity index (χ4n) is 2.86. The molecule has 1 aromatic carbocycles. The van der Waals surface area contributed by atoms with Crippen molar-refractivity contribution in [3.8, 4) is 0 Å². The zero-order valence-electron chi connectivity index (χ0n) is 15.7. The van der Waals surface area contributed by atoms with Crippen LogP contribution in [0.3, 0.4) is 0 Å². The number of unbranched alkanes of at least 4 members (excludes halogenated alkanes) is 4. The van der Waals surface area contributed by atoms with Gasteiger partial charge in [0.05, 0.1) is 6.61 Å². The van der Waals surface area contributed by atoms with E-state index in [-0.39, 0.29) is 11.9 Å². The largest absolute Gasteiger partial charge is 0.466 e.